The summed E-state index contributed by atoms with van der Waals surface area (Å²) in [5, 5.41) is 8.87. The minimum atomic E-state index is 0.149. The zero-order valence-electron chi connectivity index (χ0n) is 7.36. The average Bonchev–Trinajstić information content (AvgIpc) is 2.70. The van der Waals surface area contributed by atoms with E-state index in [4.69, 9.17) is 10.00 Å². The van der Waals surface area contributed by atoms with Crippen molar-refractivity contribution in [3.63, 3.8) is 0 Å². The van der Waals surface area contributed by atoms with Crippen molar-refractivity contribution in [1.29, 1.82) is 5.26 Å². The largest absolute Gasteiger partial charge is 0.373 e. The zero-order chi connectivity index (χ0) is 9.10. The van der Waals surface area contributed by atoms with Gasteiger partial charge in [0.05, 0.1) is 17.7 Å². The van der Waals surface area contributed by atoms with E-state index in [1.54, 1.807) is 0 Å². The Morgan fingerprint density at radius 1 is 1.38 bits per heavy atom. The molecule has 1 aromatic rings. The van der Waals surface area contributed by atoms with Gasteiger partial charge < -0.3 is 4.74 Å². The first-order valence-corrected chi connectivity index (χ1v) is 4.52. The number of hydrogen-bond donors (Lipinski definition) is 0. The number of nitriles is 1. The Kier molecular flexibility index (Phi) is 2.29. The van der Waals surface area contributed by atoms with Crippen LogP contribution in [0.25, 0.3) is 0 Å². The summed E-state index contributed by atoms with van der Waals surface area (Å²) >= 11 is 0. The normalized spacial score (nSPS) is 21.3. The second-order valence-corrected chi connectivity index (χ2v) is 3.20. The molecule has 0 radical (unpaired) electrons. The van der Waals surface area contributed by atoms with Crippen molar-refractivity contribution < 1.29 is 4.74 Å². The van der Waals surface area contributed by atoms with Gasteiger partial charge in [-0.25, -0.2) is 0 Å². The molecule has 1 unspecified atom stereocenters. The van der Waals surface area contributed by atoms with Crippen LogP contribution in [0.5, 0.6) is 0 Å². The maximum atomic E-state index is 8.87. The van der Waals surface area contributed by atoms with E-state index >= 15 is 0 Å². The van der Waals surface area contributed by atoms with Crippen molar-refractivity contribution in [1.82, 2.24) is 0 Å². The Balaban J connectivity index is 2.33. The Morgan fingerprint density at radius 3 is 2.92 bits per heavy atom. The van der Waals surface area contributed by atoms with Gasteiger partial charge in [-0.1, -0.05) is 18.2 Å². The number of hydrogen-bond acceptors (Lipinski definition) is 2. The highest BCUT2D eigenvalue weighted by Crippen LogP contribution is 2.30. The summed E-state index contributed by atoms with van der Waals surface area (Å²) in [7, 11) is 0. The molecular weight excluding hydrogens is 162 g/mol. The highest BCUT2D eigenvalue weighted by molar-refractivity contribution is 5.38. The molecule has 2 rings (SSSR count). The van der Waals surface area contributed by atoms with Gasteiger partial charge in [-0.3, -0.25) is 0 Å². The number of benzene rings is 1. The van der Waals surface area contributed by atoms with Crippen LogP contribution in [0.2, 0.25) is 0 Å². The molecule has 1 saturated heterocycles. The quantitative estimate of drug-likeness (QED) is 0.653. The van der Waals surface area contributed by atoms with Crippen LogP contribution in [0.15, 0.2) is 24.3 Å². The lowest BCUT2D eigenvalue weighted by Gasteiger charge is -2.10. The molecule has 1 fully saturated rings. The summed E-state index contributed by atoms with van der Waals surface area (Å²) in [5.74, 6) is 0. The third-order valence-corrected chi connectivity index (χ3v) is 2.36. The van der Waals surface area contributed by atoms with Crippen LogP contribution in [-0.2, 0) is 4.74 Å². The topological polar surface area (TPSA) is 33.0 Å². The first-order valence-electron chi connectivity index (χ1n) is 4.52. The van der Waals surface area contributed by atoms with Gasteiger partial charge in [0.15, 0.2) is 0 Å². The summed E-state index contributed by atoms with van der Waals surface area (Å²) in [6.07, 6.45) is 2.29. The standard InChI is InChI=1S/C11H11NO/c12-8-9-4-1-2-5-10(9)11-6-3-7-13-11/h1-2,4-5,11H,3,6-7H2. The van der Waals surface area contributed by atoms with Crippen molar-refractivity contribution in [2.24, 2.45) is 0 Å². The van der Waals surface area contributed by atoms with Crippen molar-refractivity contribution in [2.45, 2.75) is 18.9 Å². The molecule has 1 aromatic carbocycles. The molecule has 66 valence electrons. The van der Waals surface area contributed by atoms with E-state index < -0.39 is 0 Å². The maximum absolute atomic E-state index is 8.87. The lowest BCUT2D eigenvalue weighted by atomic mass is 10.0. The second kappa shape index (κ2) is 3.59. The third-order valence-electron chi connectivity index (χ3n) is 2.36. The van der Waals surface area contributed by atoms with E-state index in [0.717, 1.165) is 30.6 Å². The molecule has 0 bridgehead atoms. The van der Waals surface area contributed by atoms with Gasteiger partial charge in [0.2, 0.25) is 0 Å². The predicted molar refractivity (Wildman–Crippen MR) is 49.1 cm³/mol. The second-order valence-electron chi connectivity index (χ2n) is 3.20. The Bertz CT molecular complexity index is 334. The van der Waals surface area contributed by atoms with Crippen LogP contribution in [0, 0.1) is 11.3 Å². The molecule has 13 heavy (non-hydrogen) atoms. The molecule has 0 N–H and O–H groups in total. The maximum Gasteiger partial charge on any atom is 0.0995 e. The highest BCUT2D eigenvalue weighted by atomic mass is 16.5. The van der Waals surface area contributed by atoms with Crippen LogP contribution < -0.4 is 0 Å². The average molecular weight is 173 g/mol. The van der Waals surface area contributed by atoms with Gasteiger partial charge in [-0.05, 0) is 24.5 Å². The SMILES string of the molecule is N#Cc1ccccc1C1CCCO1. The molecule has 1 atom stereocenters. The minimum absolute atomic E-state index is 0.149. The van der Waals surface area contributed by atoms with Crippen LogP contribution in [0.4, 0.5) is 0 Å². The summed E-state index contributed by atoms with van der Waals surface area (Å²) in [5.41, 5.74) is 1.79. The molecular formula is C11H11NO. The fraction of sp³-hybridized carbons (Fsp3) is 0.364. The molecule has 1 aliphatic rings. The third kappa shape index (κ3) is 1.56. The van der Waals surface area contributed by atoms with Crippen molar-refractivity contribution in [3.8, 4) is 6.07 Å². The smallest absolute Gasteiger partial charge is 0.0995 e. The van der Waals surface area contributed by atoms with Gasteiger partial charge in [0, 0.05) is 6.61 Å². The van der Waals surface area contributed by atoms with Gasteiger partial charge in [-0.15, -0.1) is 0 Å². The lowest BCUT2D eigenvalue weighted by molar-refractivity contribution is 0.112. The molecule has 0 spiro atoms. The van der Waals surface area contributed by atoms with E-state index in [1.807, 2.05) is 24.3 Å². The van der Waals surface area contributed by atoms with Crippen LogP contribution in [-0.4, -0.2) is 6.61 Å². The predicted octanol–water partition coefficient (Wildman–Crippen LogP) is 2.41. The summed E-state index contributed by atoms with van der Waals surface area (Å²) in [6.45, 7) is 0.824. The van der Waals surface area contributed by atoms with Crippen molar-refractivity contribution >= 4 is 0 Å². The molecule has 1 heterocycles. The van der Waals surface area contributed by atoms with Crippen LogP contribution >= 0.6 is 0 Å². The van der Waals surface area contributed by atoms with Gasteiger partial charge in [0.1, 0.15) is 0 Å². The molecule has 0 saturated carbocycles. The highest BCUT2D eigenvalue weighted by Gasteiger charge is 2.19. The van der Waals surface area contributed by atoms with E-state index in [0.29, 0.717) is 0 Å². The zero-order valence-corrected chi connectivity index (χ0v) is 7.36. The van der Waals surface area contributed by atoms with Gasteiger partial charge in [-0.2, -0.15) is 5.26 Å². The van der Waals surface area contributed by atoms with Gasteiger partial charge in [0.25, 0.3) is 0 Å². The molecule has 2 heteroatoms. The fourth-order valence-corrected chi connectivity index (χ4v) is 1.70. The van der Waals surface area contributed by atoms with E-state index in [-0.39, 0.29) is 6.10 Å². The van der Waals surface area contributed by atoms with Crippen LogP contribution in [0.1, 0.15) is 30.1 Å². The van der Waals surface area contributed by atoms with E-state index in [1.165, 1.54) is 0 Å². The number of ether oxygens (including phenoxy) is 1. The van der Waals surface area contributed by atoms with E-state index in [9.17, 15) is 0 Å². The number of nitrogens with zero attached hydrogens (tertiary/aromatic N) is 1. The van der Waals surface area contributed by atoms with Crippen molar-refractivity contribution in [3.05, 3.63) is 35.4 Å². The fourth-order valence-electron chi connectivity index (χ4n) is 1.70. The molecule has 0 aliphatic carbocycles. The number of rotatable bonds is 1. The minimum Gasteiger partial charge on any atom is -0.373 e. The Morgan fingerprint density at radius 2 is 2.23 bits per heavy atom. The molecule has 2 nitrogen and oxygen atoms in total. The lowest BCUT2D eigenvalue weighted by Crippen LogP contribution is -1.98. The summed E-state index contributed by atoms with van der Waals surface area (Å²) < 4.78 is 5.53. The monoisotopic (exact) mass is 173 g/mol. The molecule has 0 amide bonds. The van der Waals surface area contributed by atoms with Crippen LogP contribution in [0.3, 0.4) is 0 Å². The first-order chi connectivity index (χ1) is 6.42. The molecule has 0 aromatic heterocycles. The van der Waals surface area contributed by atoms with E-state index in [2.05, 4.69) is 6.07 Å². The molecule has 1 aliphatic heterocycles. The Labute approximate surface area is 77.8 Å². The summed E-state index contributed by atoms with van der Waals surface area (Å²) in [4.78, 5) is 0. The van der Waals surface area contributed by atoms with Gasteiger partial charge >= 0.3 is 0 Å². The van der Waals surface area contributed by atoms with Crippen molar-refractivity contribution in [2.75, 3.05) is 6.61 Å². The Hall–Kier alpha value is -1.33. The summed E-state index contributed by atoms with van der Waals surface area (Å²) in [6, 6.07) is 9.86. The first kappa shape index (κ1) is 8.28.